The van der Waals surface area contributed by atoms with Gasteiger partial charge in [-0.3, -0.25) is 14.4 Å². The molecule has 11 nitrogen and oxygen atoms in total. The van der Waals surface area contributed by atoms with Crippen LogP contribution in [0.5, 0.6) is 5.75 Å². The average molecular weight is 438 g/mol. The summed E-state index contributed by atoms with van der Waals surface area (Å²) in [5, 5.41) is 34.9. The molecular weight excluding hydrogens is 408 g/mol. The van der Waals surface area contributed by atoms with E-state index in [1.165, 1.54) is 12.1 Å². The number of aliphatic hydroxyl groups is 1. The fourth-order valence-electron chi connectivity index (χ4n) is 2.73. The number of aliphatic carboxylic acids is 1. The lowest BCUT2D eigenvalue weighted by Crippen LogP contribution is -2.58. The molecule has 0 radical (unpaired) electrons. The van der Waals surface area contributed by atoms with Crippen LogP contribution in [0.3, 0.4) is 0 Å². The first-order valence-electron chi connectivity index (χ1n) is 9.84. The van der Waals surface area contributed by atoms with Crippen LogP contribution in [0.1, 0.15) is 25.8 Å². The third-order valence-electron chi connectivity index (χ3n) is 4.80. The molecule has 1 rings (SSSR count). The zero-order valence-electron chi connectivity index (χ0n) is 17.5. The maximum absolute atomic E-state index is 12.9. The molecule has 0 saturated heterocycles. The van der Waals surface area contributed by atoms with Gasteiger partial charge >= 0.3 is 5.97 Å². The molecule has 0 bridgehead atoms. The Labute approximate surface area is 180 Å². The number of amides is 3. The molecule has 0 heterocycles. The summed E-state index contributed by atoms with van der Waals surface area (Å²) < 4.78 is 0. The highest BCUT2D eigenvalue weighted by atomic mass is 16.4. The Hall–Kier alpha value is -3.18. The summed E-state index contributed by atoms with van der Waals surface area (Å²) in [6.07, 6.45) is 0.539. The van der Waals surface area contributed by atoms with Gasteiger partial charge in [0.2, 0.25) is 17.7 Å². The number of carbonyl (C=O) groups excluding carboxylic acids is 3. The lowest BCUT2D eigenvalue weighted by Gasteiger charge is -2.27. The summed E-state index contributed by atoms with van der Waals surface area (Å²) in [6.45, 7) is 2.44. The van der Waals surface area contributed by atoms with Gasteiger partial charge in [-0.25, -0.2) is 4.79 Å². The molecule has 0 aliphatic heterocycles. The zero-order chi connectivity index (χ0) is 23.6. The third-order valence-corrected chi connectivity index (χ3v) is 4.80. The van der Waals surface area contributed by atoms with Gasteiger partial charge in [0.1, 0.15) is 23.9 Å². The van der Waals surface area contributed by atoms with Crippen LogP contribution in [0.25, 0.3) is 0 Å². The molecule has 11 heteroatoms. The number of benzene rings is 1. The predicted molar refractivity (Wildman–Crippen MR) is 111 cm³/mol. The third kappa shape index (κ3) is 8.22. The van der Waals surface area contributed by atoms with Crippen LogP contribution in [-0.4, -0.2) is 70.3 Å². The van der Waals surface area contributed by atoms with E-state index in [9.17, 15) is 29.4 Å². The Morgan fingerprint density at radius 2 is 1.58 bits per heavy atom. The van der Waals surface area contributed by atoms with E-state index in [-0.39, 0.29) is 24.6 Å². The summed E-state index contributed by atoms with van der Waals surface area (Å²) in [6, 6.07) is 2.20. The Kier molecular flexibility index (Phi) is 10.4. The van der Waals surface area contributed by atoms with Crippen molar-refractivity contribution in [2.75, 3.05) is 13.2 Å². The second kappa shape index (κ2) is 12.5. The van der Waals surface area contributed by atoms with Crippen molar-refractivity contribution in [2.24, 2.45) is 11.7 Å². The van der Waals surface area contributed by atoms with Crippen molar-refractivity contribution in [1.82, 2.24) is 16.0 Å². The van der Waals surface area contributed by atoms with E-state index in [0.717, 1.165) is 0 Å². The number of aliphatic hydroxyl groups excluding tert-OH is 1. The summed E-state index contributed by atoms with van der Waals surface area (Å²) in [5.74, 6) is -3.68. The van der Waals surface area contributed by atoms with Gasteiger partial charge in [-0.05, 0) is 23.6 Å². The molecule has 31 heavy (non-hydrogen) atoms. The van der Waals surface area contributed by atoms with Gasteiger partial charge in [-0.15, -0.1) is 0 Å². The second-order valence-electron chi connectivity index (χ2n) is 7.15. The molecule has 0 aliphatic carbocycles. The number of hydrogen-bond acceptors (Lipinski definition) is 7. The SMILES string of the molecule is CCC(C)C(NC(=O)CN)C(=O)NC(Cc1ccc(O)cc1)C(=O)NC(CO)C(=O)O. The number of nitrogens with one attached hydrogen (secondary N) is 3. The van der Waals surface area contributed by atoms with Crippen LogP contribution in [0, 0.1) is 5.92 Å². The van der Waals surface area contributed by atoms with Crippen molar-refractivity contribution in [3.8, 4) is 5.75 Å². The second-order valence-corrected chi connectivity index (χ2v) is 7.15. The molecule has 4 atom stereocenters. The highest BCUT2D eigenvalue weighted by molar-refractivity contribution is 5.93. The minimum absolute atomic E-state index is 0.0151. The van der Waals surface area contributed by atoms with Crippen LogP contribution in [-0.2, 0) is 25.6 Å². The monoisotopic (exact) mass is 438 g/mol. The van der Waals surface area contributed by atoms with Crippen molar-refractivity contribution >= 4 is 23.7 Å². The van der Waals surface area contributed by atoms with Gasteiger partial charge in [-0.1, -0.05) is 32.4 Å². The van der Waals surface area contributed by atoms with Crippen LogP contribution in [0.15, 0.2) is 24.3 Å². The van der Waals surface area contributed by atoms with E-state index >= 15 is 0 Å². The molecule has 0 fully saturated rings. The fraction of sp³-hybridized carbons (Fsp3) is 0.500. The average Bonchev–Trinajstić information content (AvgIpc) is 2.75. The first kappa shape index (κ1) is 25.9. The minimum Gasteiger partial charge on any atom is -0.508 e. The number of carboxylic acids is 1. The molecule has 172 valence electrons. The minimum atomic E-state index is -1.55. The maximum Gasteiger partial charge on any atom is 0.328 e. The van der Waals surface area contributed by atoms with E-state index < -0.39 is 48.4 Å². The summed E-state index contributed by atoms with van der Waals surface area (Å²) >= 11 is 0. The quantitative estimate of drug-likeness (QED) is 0.204. The number of rotatable bonds is 12. The first-order valence-corrected chi connectivity index (χ1v) is 9.84. The normalized spacial score (nSPS) is 14.6. The van der Waals surface area contributed by atoms with Gasteiger partial charge in [0, 0.05) is 6.42 Å². The molecule has 0 aromatic heterocycles. The number of aromatic hydroxyl groups is 1. The Morgan fingerprint density at radius 1 is 1.00 bits per heavy atom. The van der Waals surface area contributed by atoms with Gasteiger partial charge in [0.05, 0.1) is 13.2 Å². The molecule has 1 aromatic rings. The number of phenols is 1. The Balaban J connectivity index is 3.10. The van der Waals surface area contributed by atoms with E-state index in [2.05, 4.69) is 16.0 Å². The van der Waals surface area contributed by atoms with Gasteiger partial charge < -0.3 is 37.0 Å². The van der Waals surface area contributed by atoms with Crippen molar-refractivity contribution in [3.63, 3.8) is 0 Å². The molecule has 1 aromatic carbocycles. The lowest BCUT2D eigenvalue weighted by molar-refractivity contribution is -0.143. The number of phenolic OH excluding ortho intramolecular Hbond substituents is 1. The van der Waals surface area contributed by atoms with E-state index in [4.69, 9.17) is 10.8 Å². The van der Waals surface area contributed by atoms with Gasteiger partial charge in [-0.2, -0.15) is 0 Å². The Bertz CT molecular complexity index is 769. The molecular formula is C20H30N4O7. The summed E-state index contributed by atoms with van der Waals surface area (Å²) in [5.41, 5.74) is 5.90. The maximum atomic E-state index is 12.9. The number of carboxylic acid groups (broad SMARTS) is 1. The van der Waals surface area contributed by atoms with Crippen LogP contribution >= 0.6 is 0 Å². The first-order chi connectivity index (χ1) is 14.6. The van der Waals surface area contributed by atoms with Crippen LogP contribution < -0.4 is 21.7 Å². The van der Waals surface area contributed by atoms with E-state index in [0.29, 0.717) is 12.0 Å². The largest absolute Gasteiger partial charge is 0.508 e. The molecule has 4 unspecified atom stereocenters. The van der Waals surface area contributed by atoms with Crippen LogP contribution in [0.4, 0.5) is 0 Å². The van der Waals surface area contributed by atoms with Crippen molar-refractivity contribution < 1.29 is 34.5 Å². The smallest absolute Gasteiger partial charge is 0.328 e. The summed E-state index contributed by atoms with van der Waals surface area (Å²) in [7, 11) is 0. The fourth-order valence-corrected chi connectivity index (χ4v) is 2.73. The standard InChI is InChI=1S/C20H30N4O7/c1-3-11(2)17(24-16(27)9-21)19(29)22-14(8-12-4-6-13(26)7-5-12)18(28)23-15(10-25)20(30)31/h4-7,11,14-15,17,25-26H,3,8-10,21H2,1-2H3,(H,22,29)(H,23,28)(H,24,27)(H,30,31). The Morgan fingerprint density at radius 3 is 2.06 bits per heavy atom. The number of hydrogen-bond donors (Lipinski definition) is 7. The molecule has 0 spiro atoms. The highest BCUT2D eigenvalue weighted by Gasteiger charge is 2.31. The number of carbonyl (C=O) groups is 4. The predicted octanol–water partition coefficient (Wildman–Crippen LogP) is -1.53. The zero-order valence-corrected chi connectivity index (χ0v) is 17.5. The van der Waals surface area contributed by atoms with Gasteiger partial charge in [0.15, 0.2) is 0 Å². The summed E-state index contributed by atoms with van der Waals surface area (Å²) in [4.78, 5) is 48.5. The number of nitrogens with two attached hydrogens (primary N) is 1. The lowest BCUT2D eigenvalue weighted by atomic mass is 9.97. The highest BCUT2D eigenvalue weighted by Crippen LogP contribution is 2.13. The van der Waals surface area contributed by atoms with E-state index in [1.54, 1.807) is 19.1 Å². The van der Waals surface area contributed by atoms with Gasteiger partial charge in [0.25, 0.3) is 0 Å². The molecule has 3 amide bonds. The molecule has 8 N–H and O–H groups in total. The topological polar surface area (TPSA) is 191 Å². The van der Waals surface area contributed by atoms with Crippen molar-refractivity contribution in [3.05, 3.63) is 29.8 Å². The van der Waals surface area contributed by atoms with Crippen molar-refractivity contribution in [2.45, 2.75) is 44.8 Å². The van der Waals surface area contributed by atoms with Crippen LogP contribution in [0.2, 0.25) is 0 Å². The van der Waals surface area contributed by atoms with Crippen molar-refractivity contribution in [1.29, 1.82) is 0 Å². The van der Waals surface area contributed by atoms with E-state index in [1.807, 2.05) is 6.92 Å². The molecule has 0 aliphatic rings. The molecule has 0 saturated carbocycles.